The maximum absolute atomic E-state index is 10.5. The van der Waals surface area contributed by atoms with E-state index in [1.165, 1.54) is 44.9 Å². The largest absolute Gasteiger partial charge is 0.390 e. The van der Waals surface area contributed by atoms with E-state index in [0.29, 0.717) is 0 Å². The van der Waals surface area contributed by atoms with Gasteiger partial charge in [0.1, 0.15) is 0 Å². The quantitative estimate of drug-likeness (QED) is 0.696. The Labute approximate surface area is 95.3 Å². The van der Waals surface area contributed by atoms with Gasteiger partial charge in [-0.25, -0.2) is 0 Å². The average molecular weight is 212 g/mol. The third-order valence-corrected chi connectivity index (χ3v) is 3.88. The molecule has 0 aromatic heterocycles. The van der Waals surface area contributed by atoms with Crippen molar-refractivity contribution in [3.63, 3.8) is 0 Å². The van der Waals surface area contributed by atoms with Gasteiger partial charge in [-0.1, -0.05) is 58.8 Å². The van der Waals surface area contributed by atoms with Gasteiger partial charge in [-0.15, -0.1) is 0 Å². The second kappa shape index (κ2) is 6.52. The molecule has 1 nitrogen and oxygen atoms in total. The Morgan fingerprint density at radius 2 is 1.93 bits per heavy atom. The summed E-state index contributed by atoms with van der Waals surface area (Å²) in [7, 11) is 0. The molecule has 1 aliphatic carbocycles. The Balaban J connectivity index is 2.32. The van der Waals surface area contributed by atoms with Gasteiger partial charge in [0.25, 0.3) is 0 Å². The Morgan fingerprint density at radius 1 is 1.20 bits per heavy atom. The molecule has 90 valence electrons. The van der Waals surface area contributed by atoms with Crippen LogP contribution in [0.4, 0.5) is 0 Å². The molecule has 1 N–H and O–H groups in total. The molecule has 2 unspecified atom stereocenters. The maximum Gasteiger partial charge on any atom is 0.0650 e. The lowest BCUT2D eigenvalue weighted by molar-refractivity contribution is -0.0263. The summed E-state index contributed by atoms with van der Waals surface area (Å²) >= 11 is 0. The molecule has 1 saturated carbocycles. The van der Waals surface area contributed by atoms with Crippen LogP contribution >= 0.6 is 0 Å². The van der Waals surface area contributed by atoms with Crippen molar-refractivity contribution in [3.8, 4) is 0 Å². The summed E-state index contributed by atoms with van der Waals surface area (Å²) in [4.78, 5) is 0. The molecular formula is C14H28O. The Hall–Kier alpha value is -0.0400. The molecule has 0 aromatic rings. The monoisotopic (exact) mass is 212 g/mol. The van der Waals surface area contributed by atoms with Crippen LogP contribution in [0.1, 0.15) is 78.1 Å². The van der Waals surface area contributed by atoms with Crippen molar-refractivity contribution in [3.05, 3.63) is 0 Å². The number of rotatable bonds is 6. The number of hydrogen-bond donors (Lipinski definition) is 1. The van der Waals surface area contributed by atoms with E-state index in [1.807, 2.05) is 0 Å². The molecule has 0 aromatic carbocycles. The first-order valence-corrected chi connectivity index (χ1v) is 6.92. The zero-order valence-electron chi connectivity index (χ0n) is 10.6. The van der Waals surface area contributed by atoms with Crippen molar-refractivity contribution in [2.45, 2.75) is 83.7 Å². The van der Waals surface area contributed by atoms with Crippen molar-refractivity contribution in [2.75, 3.05) is 0 Å². The molecule has 1 aliphatic rings. The van der Waals surface area contributed by atoms with Crippen LogP contribution in [0, 0.1) is 5.92 Å². The normalized spacial score (nSPS) is 31.8. The topological polar surface area (TPSA) is 20.2 Å². The molecule has 0 heterocycles. The Morgan fingerprint density at radius 3 is 2.60 bits per heavy atom. The first kappa shape index (κ1) is 13.0. The average Bonchev–Trinajstić information content (AvgIpc) is 2.24. The Bertz CT molecular complexity index is 167. The minimum absolute atomic E-state index is 0.299. The molecule has 1 rings (SSSR count). The highest BCUT2D eigenvalue weighted by Gasteiger charge is 2.32. The van der Waals surface area contributed by atoms with Crippen LogP contribution in [0.5, 0.6) is 0 Å². The van der Waals surface area contributed by atoms with Gasteiger partial charge in [0.2, 0.25) is 0 Å². The molecule has 2 atom stereocenters. The highest BCUT2D eigenvalue weighted by molar-refractivity contribution is 4.86. The van der Waals surface area contributed by atoms with E-state index in [2.05, 4.69) is 13.8 Å². The minimum atomic E-state index is -0.299. The van der Waals surface area contributed by atoms with E-state index < -0.39 is 0 Å². The third-order valence-electron chi connectivity index (χ3n) is 3.88. The molecule has 0 saturated heterocycles. The summed E-state index contributed by atoms with van der Waals surface area (Å²) in [5.74, 6) is 0.806. The fourth-order valence-corrected chi connectivity index (χ4v) is 2.93. The molecule has 1 heteroatoms. The smallest absolute Gasteiger partial charge is 0.0650 e. The first-order chi connectivity index (χ1) is 7.20. The van der Waals surface area contributed by atoms with Gasteiger partial charge in [-0.3, -0.25) is 0 Å². The SMILES string of the molecule is CCCCC1CCCC(O)(CCCC)C1. The zero-order valence-corrected chi connectivity index (χ0v) is 10.6. The van der Waals surface area contributed by atoms with Crippen LogP contribution in [0.2, 0.25) is 0 Å². The predicted octanol–water partition coefficient (Wildman–Crippen LogP) is 4.29. The van der Waals surface area contributed by atoms with Crippen molar-refractivity contribution >= 4 is 0 Å². The first-order valence-electron chi connectivity index (χ1n) is 6.92. The second-order valence-corrected chi connectivity index (χ2v) is 5.43. The second-order valence-electron chi connectivity index (χ2n) is 5.43. The molecule has 1 fully saturated rings. The summed E-state index contributed by atoms with van der Waals surface area (Å²) in [5, 5.41) is 10.5. The summed E-state index contributed by atoms with van der Waals surface area (Å²) in [5.41, 5.74) is -0.299. The fourth-order valence-electron chi connectivity index (χ4n) is 2.93. The fraction of sp³-hybridized carbons (Fsp3) is 1.00. The van der Waals surface area contributed by atoms with Crippen LogP contribution in [0.3, 0.4) is 0 Å². The summed E-state index contributed by atoms with van der Waals surface area (Å²) in [6.45, 7) is 4.47. The third kappa shape index (κ3) is 4.55. The minimum Gasteiger partial charge on any atom is -0.390 e. The van der Waals surface area contributed by atoms with Gasteiger partial charge in [0.15, 0.2) is 0 Å². The van der Waals surface area contributed by atoms with E-state index in [-0.39, 0.29) is 5.60 Å². The van der Waals surface area contributed by atoms with E-state index in [1.54, 1.807) is 0 Å². The van der Waals surface area contributed by atoms with Crippen LogP contribution in [-0.4, -0.2) is 10.7 Å². The van der Waals surface area contributed by atoms with Crippen LogP contribution in [0.25, 0.3) is 0 Å². The van der Waals surface area contributed by atoms with Crippen molar-refractivity contribution in [2.24, 2.45) is 5.92 Å². The van der Waals surface area contributed by atoms with Crippen LogP contribution < -0.4 is 0 Å². The van der Waals surface area contributed by atoms with E-state index in [9.17, 15) is 5.11 Å². The van der Waals surface area contributed by atoms with Gasteiger partial charge in [-0.2, -0.15) is 0 Å². The number of hydrogen-bond acceptors (Lipinski definition) is 1. The highest BCUT2D eigenvalue weighted by atomic mass is 16.3. The molecule has 0 bridgehead atoms. The van der Waals surface area contributed by atoms with Crippen molar-refractivity contribution in [1.82, 2.24) is 0 Å². The lowest BCUT2D eigenvalue weighted by atomic mass is 9.74. The molecular weight excluding hydrogens is 184 g/mol. The maximum atomic E-state index is 10.5. The standard InChI is InChI=1S/C14H28O/c1-3-5-8-13-9-7-11-14(15,12-13)10-6-4-2/h13,15H,3-12H2,1-2H3. The zero-order chi connectivity index (χ0) is 11.1. The predicted molar refractivity (Wildman–Crippen MR) is 66.0 cm³/mol. The molecule has 15 heavy (non-hydrogen) atoms. The van der Waals surface area contributed by atoms with Gasteiger partial charge in [0.05, 0.1) is 5.60 Å². The van der Waals surface area contributed by atoms with Gasteiger partial charge < -0.3 is 5.11 Å². The molecule has 0 spiro atoms. The molecule has 0 aliphatic heterocycles. The van der Waals surface area contributed by atoms with E-state index in [0.717, 1.165) is 25.2 Å². The number of unbranched alkanes of at least 4 members (excludes halogenated alkanes) is 2. The van der Waals surface area contributed by atoms with E-state index >= 15 is 0 Å². The molecule has 0 amide bonds. The van der Waals surface area contributed by atoms with Gasteiger partial charge in [0, 0.05) is 0 Å². The molecule has 0 radical (unpaired) electrons. The van der Waals surface area contributed by atoms with Crippen molar-refractivity contribution in [1.29, 1.82) is 0 Å². The van der Waals surface area contributed by atoms with Crippen LogP contribution in [0.15, 0.2) is 0 Å². The highest BCUT2D eigenvalue weighted by Crippen LogP contribution is 2.37. The summed E-state index contributed by atoms with van der Waals surface area (Å²) in [6.07, 6.45) is 12.1. The van der Waals surface area contributed by atoms with Crippen molar-refractivity contribution < 1.29 is 5.11 Å². The summed E-state index contributed by atoms with van der Waals surface area (Å²) in [6, 6.07) is 0. The summed E-state index contributed by atoms with van der Waals surface area (Å²) < 4.78 is 0. The lowest BCUT2D eigenvalue weighted by Crippen LogP contribution is -2.35. The van der Waals surface area contributed by atoms with Crippen LogP contribution in [-0.2, 0) is 0 Å². The van der Waals surface area contributed by atoms with Gasteiger partial charge in [-0.05, 0) is 25.2 Å². The van der Waals surface area contributed by atoms with E-state index in [4.69, 9.17) is 0 Å². The Kier molecular flexibility index (Phi) is 5.66. The number of aliphatic hydroxyl groups is 1. The van der Waals surface area contributed by atoms with Gasteiger partial charge >= 0.3 is 0 Å². The lowest BCUT2D eigenvalue weighted by Gasteiger charge is -2.37.